The third kappa shape index (κ3) is 2.50. The van der Waals surface area contributed by atoms with Gasteiger partial charge in [-0.2, -0.15) is 0 Å². The van der Waals surface area contributed by atoms with E-state index in [4.69, 9.17) is 0 Å². The zero-order chi connectivity index (χ0) is 14.9. The molecule has 21 heavy (non-hydrogen) atoms. The average molecular weight is 310 g/mol. The summed E-state index contributed by atoms with van der Waals surface area (Å²) in [7, 11) is -3.22. The van der Waals surface area contributed by atoms with Crippen LogP contribution in [0.1, 0.15) is 18.4 Å². The lowest BCUT2D eigenvalue weighted by Gasteiger charge is -2.45. The van der Waals surface area contributed by atoms with Crippen molar-refractivity contribution in [3.05, 3.63) is 29.8 Å². The largest absolute Gasteiger partial charge is 0.394 e. The highest BCUT2D eigenvalue weighted by atomic mass is 32.2. The fourth-order valence-corrected chi connectivity index (χ4v) is 5.24. The summed E-state index contributed by atoms with van der Waals surface area (Å²) >= 11 is 0. The first-order valence-corrected chi connectivity index (χ1v) is 9.14. The molecule has 2 aliphatic rings. The number of nitrogens with one attached hydrogen (secondary N) is 1. The van der Waals surface area contributed by atoms with E-state index in [1.165, 1.54) is 0 Å². The number of sulfone groups is 1. The van der Waals surface area contributed by atoms with Crippen molar-refractivity contribution in [3.63, 3.8) is 0 Å². The van der Waals surface area contributed by atoms with Crippen LogP contribution in [0, 0.1) is 0 Å². The Kier molecular flexibility index (Phi) is 4.05. The molecule has 0 aromatic heterocycles. The summed E-state index contributed by atoms with van der Waals surface area (Å²) in [6.07, 6.45) is 1.47. The van der Waals surface area contributed by atoms with Crippen molar-refractivity contribution in [3.8, 4) is 0 Å². The van der Waals surface area contributed by atoms with E-state index >= 15 is 0 Å². The molecule has 1 saturated heterocycles. The van der Waals surface area contributed by atoms with Gasteiger partial charge in [0.1, 0.15) is 0 Å². The van der Waals surface area contributed by atoms with Crippen molar-refractivity contribution in [1.82, 2.24) is 10.2 Å². The molecule has 0 spiro atoms. The van der Waals surface area contributed by atoms with Crippen molar-refractivity contribution in [2.45, 2.75) is 23.3 Å². The van der Waals surface area contributed by atoms with Gasteiger partial charge in [0, 0.05) is 19.6 Å². The molecule has 0 radical (unpaired) electrons. The molecule has 0 aliphatic carbocycles. The van der Waals surface area contributed by atoms with Gasteiger partial charge < -0.3 is 10.4 Å². The van der Waals surface area contributed by atoms with Crippen molar-refractivity contribution < 1.29 is 13.5 Å². The van der Waals surface area contributed by atoms with Gasteiger partial charge in [0.2, 0.25) is 0 Å². The van der Waals surface area contributed by atoms with E-state index in [-0.39, 0.29) is 12.4 Å². The second-order valence-electron chi connectivity index (χ2n) is 5.85. The standard InChI is InChI=1S/C15H22N2O3S/c18-12-15(17-9-3-7-16-8-10-17)6-11-21(19,20)14-5-2-1-4-13(14)15/h1-2,4-5,16,18H,3,6-12H2. The van der Waals surface area contributed by atoms with Gasteiger partial charge in [0.25, 0.3) is 0 Å². The van der Waals surface area contributed by atoms with Gasteiger partial charge in [-0.15, -0.1) is 0 Å². The van der Waals surface area contributed by atoms with Crippen LogP contribution >= 0.6 is 0 Å². The molecular weight excluding hydrogens is 288 g/mol. The highest BCUT2D eigenvalue weighted by Crippen LogP contribution is 2.41. The lowest BCUT2D eigenvalue weighted by Crippen LogP contribution is -2.53. The molecule has 1 fully saturated rings. The average Bonchev–Trinajstić information content (AvgIpc) is 2.78. The molecule has 2 heterocycles. The first-order valence-electron chi connectivity index (χ1n) is 7.49. The molecule has 1 atom stereocenters. The Labute approximate surface area is 125 Å². The molecule has 0 amide bonds. The Bertz CT molecular complexity index is 609. The predicted octanol–water partition coefficient (Wildman–Crippen LogP) is 0.347. The molecule has 116 valence electrons. The van der Waals surface area contributed by atoms with Crippen LogP contribution in [0.25, 0.3) is 0 Å². The van der Waals surface area contributed by atoms with Gasteiger partial charge in [-0.25, -0.2) is 8.42 Å². The van der Waals surface area contributed by atoms with E-state index in [1.54, 1.807) is 12.1 Å². The summed E-state index contributed by atoms with van der Waals surface area (Å²) in [6.45, 7) is 3.50. The Morgan fingerprint density at radius 3 is 2.86 bits per heavy atom. The topological polar surface area (TPSA) is 69.6 Å². The number of aliphatic hydroxyl groups is 1. The maximum absolute atomic E-state index is 12.3. The molecule has 0 bridgehead atoms. The first kappa shape index (κ1) is 15.0. The van der Waals surface area contributed by atoms with Crippen molar-refractivity contribution >= 4 is 9.84 Å². The van der Waals surface area contributed by atoms with Gasteiger partial charge in [0.05, 0.1) is 22.8 Å². The maximum atomic E-state index is 12.3. The summed E-state index contributed by atoms with van der Waals surface area (Å²) in [5.41, 5.74) is 0.203. The van der Waals surface area contributed by atoms with Gasteiger partial charge in [-0.05, 0) is 31.0 Å². The Morgan fingerprint density at radius 2 is 2.05 bits per heavy atom. The van der Waals surface area contributed by atoms with Crippen molar-refractivity contribution in [2.24, 2.45) is 0 Å². The molecule has 3 rings (SSSR count). The molecule has 2 aliphatic heterocycles. The SMILES string of the molecule is O=S1(=O)CCC(CO)(N2CCCNCC2)c2ccccc21. The fourth-order valence-electron chi connectivity index (χ4n) is 3.54. The van der Waals surface area contributed by atoms with Gasteiger partial charge in [-0.1, -0.05) is 18.2 Å². The first-order chi connectivity index (χ1) is 10.1. The minimum absolute atomic E-state index is 0.0421. The van der Waals surface area contributed by atoms with Crippen LogP contribution < -0.4 is 5.32 Å². The summed E-state index contributed by atoms with van der Waals surface area (Å²) in [6, 6.07) is 7.15. The molecule has 1 aromatic carbocycles. The van der Waals surface area contributed by atoms with E-state index in [0.717, 1.165) is 38.2 Å². The van der Waals surface area contributed by atoms with Gasteiger partial charge in [-0.3, -0.25) is 4.90 Å². The molecule has 0 saturated carbocycles. The summed E-state index contributed by atoms with van der Waals surface area (Å²) in [5.74, 6) is 0.106. The Morgan fingerprint density at radius 1 is 1.24 bits per heavy atom. The normalized spacial score (nSPS) is 29.6. The lowest BCUT2D eigenvalue weighted by atomic mass is 9.85. The van der Waals surface area contributed by atoms with Crippen LogP contribution in [0.3, 0.4) is 0 Å². The van der Waals surface area contributed by atoms with Crippen LogP contribution in [0.2, 0.25) is 0 Å². The maximum Gasteiger partial charge on any atom is 0.178 e. The molecule has 1 unspecified atom stereocenters. The number of hydrogen-bond donors (Lipinski definition) is 2. The van der Waals surface area contributed by atoms with Gasteiger partial charge >= 0.3 is 0 Å². The summed E-state index contributed by atoms with van der Waals surface area (Å²) < 4.78 is 24.6. The Balaban J connectivity index is 2.10. The highest BCUT2D eigenvalue weighted by Gasteiger charge is 2.45. The second kappa shape index (κ2) is 5.68. The Hall–Kier alpha value is -0.950. The van der Waals surface area contributed by atoms with E-state index in [0.29, 0.717) is 11.3 Å². The number of fused-ring (bicyclic) bond motifs is 1. The number of rotatable bonds is 2. The van der Waals surface area contributed by atoms with Crippen LogP contribution in [-0.4, -0.2) is 57.0 Å². The molecular formula is C15H22N2O3S. The van der Waals surface area contributed by atoms with E-state index in [1.807, 2.05) is 12.1 Å². The van der Waals surface area contributed by atoms with Crippen LogP contribution in [0.4, 0.5) is 0 Å². The van der Waals surface area contributed by atoms with E-state index in [2.05, 4.69) is 10.2 Å². The van der Waals surface area contributed by atoms with E-state index < -0.39 is 15.4 Å². The number of hydrogen-bond acceptors (Lipinski definition) is 5. The fraction of sp³-hybridized carbons (Fsp3) is 0.600. The molecule has 6 heteroatoms. The predicted molar refractivity (Wildman–Crippen MR) is 80.9 cm³/mol. The zero-order valence-electron chi connectivity index (χ0n) is 12.1. The number of aliphatic hydroxyl groups excluding tert-OH is 1. The van der Waals surface area contributed by atoms with E-state index in [9.17, 15) is 13.5 Å². The smallest absolute Gasteiger partial charge is 0.178 e. The monoisotopic (exact) mass is 310 g/mol. The quantitative estimate of drug-likeness (QED) is 0.825. The molecule has 2 N–H and O–H groups in total. The lowest BCUT2D eigenvalue weighted by molar-refractivity contribution is 0.0235. The van der Waals surface area contributed by atoms with Crippen molar-refractivity contribution in [1.29, 1.82) is 0 Å². The van der Waals surface area contributed by atoms with Crippen LogP contribution in [0.5, 0.6) is 0 Å². The third-order valence-corrected chi connectivity index (χ3v) is 6.48. The minimum Gasteiger partial charge on any atom is -0.394 e. The minimum atomic E-state index is -3.22. The molecule has 5 nitrogen and oxygen atoms in total. The summed E-state index contributed by atoms with van der Waals surface area (Å²) in [5, 5.41) is 13.5. The zero-order valence-corrected chi connectivity index (χ0v) is 12.9. The van der Waals surface area contributed by atoms with Crippen LogP contribution in [0.15, 0.2) is 29.2 Å². The molecule has 1 aromatic rings. The second-order valence-corrected chi connectivity index (χ2v) is 7.92. The summed E-state index contributed by atoms with van der Waals surface area (Å²) in [4.78, 5) is 2.66. The van der Waals surface area contributed by atoms with Crippen LogP contribution in [-0.2, 0) is 15.4 Å². The highest BCUT2D eigenvalue weighted by molar-refractivity contribution is 7.91. The number of benzene rings is 1. The van der Waals surface area contributed by atoms with Crippen molar-refractivity contribution in [2.75, 3.05) is 38.5 Å². The number of nitrogens with zero attached hydrogens (tertiary/aromatic N) is 1. The third-order valence-electron chi connectivity index (χ3n) is 4.71. The van der Waals surface area contributed by atoms with Gasteiger partial charge in [0.15, 0.2) is 9.84 Å².